The zero-order valence-electron chi connectivity index (χ0n) is 30.8. The topological polar surface area (TPSA) is 197 Å². The van der Waals surface area contributed by atoms with E-state index in [1.54, 1.807) is 32.0 Å². The second kappa shape index (κ2) is 17.8. The molecule has 13 nitrogen and oxygen atoms in total. The van der Waals surface area contributed by atoms with Crippen molar-refractivity contribution >= 4 is 40.6 Å². The number of guanidine groups is 1. The average Bonchev–Trinajstić information content (AvgIpc) is 3.39. The Morgan fingerprint density at radius 3 is 2.29 bits per heavy atom. The largest absolute Gasteiger partial charge is 0.480 e. The van der Waals surface area contributed by atoms with Gasteiger partial charge in [-0.1, -0.05) is 72.2 Å². The third kappa shape index (κ3) is 10.3. The number of aliphatic carboxylic acids is 1. The van der Waals surface area contributed by atoms with Gasteiger partial charge < -0.3 is 42.0 Å². The van der Waals surface area contributed by atoms with Crippen molar-refractivity contribution < 1.29 is 24.3 Å². The molecule has 0 fully saturated rings. The molecule has 0 aliphatic heterocycles. The number of nitrogens with one attached hydrogen (secondary N) is 3. The Morgan fingerprint density at radius 1 is 1.10 bits per heavy atom. The lowest BCUT2D eigenvalue weighted by Crippen LogP contribution is -2.60. The van der Waals surface area contributed by atoms with Gasteiger partial charge in [-0.25, -0.2) is 4.79 Å². The van der Waals surface area contributed by atoms with Crippen LogP contribution in [0.1, 0.15) is 73.3 Å². The number of nitrogens with two attached hydrogens (primary N) is 2. The molecule has 0 saturated heterocycles. The molecule has 0 aliphatic rings. The number of aryl methyl sites for hydroxylation is 1. The number of amides is 3. The summed E-state index contributed by atoms with van der Waals surface area (Å²) in [5.74, 6) is -2.68. The van der Waals surface area contributed by atoms with E-state index in [-0.39, 0.29) is 48.1 Å². The summed E-state index contributed by atoms with van der Waals surface area (Å²) in [6.07, 6.45) is 4.87. The molecule has 8 N–H and O–H groups in total. The second-order valence-electron chi connectivity index (χ2n) is 13.8. The molecule has 1 heterocycles. The van der Waals surface area contributed by atoms with Crippen molar-refractivity contribution in [2.24, 2.45) is 35.3 Å². The second-order valence-corrected chi connectivity index (χ2v) is 13.8. The summed E-state index contributed by atoms with van der Waals surface area (Å²) in [5, 5.41) is 19.6. The summed E-state index contributed by atoms with van der Waals surface area (Å²) in [6.45, 7) is 13.6. The van der Waals surface area contributed by atoms with E-state index in [1.807, 2.05) is 66.8 Å². The van der Waals surface area contributed by atoms with Crippen LogP contribution in [-0.4, -0.2) is 89.0 Å². The smallest absolute Gasteiger partial charge is 0.326 e. The Morgan fingerprint density at radius 2 is 1.73 bits per heavy atom. The Bertz CT molecular complexity index is 1520. The molecule has 0 aliphatic carbocycles. The number of carboxylic acid groups (broad SMARTS) is 1. The Hall–Kier alpha value is -4.39. The summed E-state index contributed by atoms with van der Waals surface area (Å²) in [7, 11) is 5.39. The minimum absolute atomic E-state index is 0.0881. The summed E-state index contributed by atoms with van der Waals surface area (Å²) >= 11 is 0. The van der Waals surface area contributed by atoms with E-state index in [9.17, 15) is 24.3 Å². The number of rotatable bonds is 18. The van der Waals surface area contributed by atoms with E-state index in [0.29, 0.717) is 12.8 Å². The highest BCUT2D eigenvalue weighted by Gasteiger charge is 2.40. The number of hydrogen-bond acceptors (Lipinski definition) is 6. The van der Waals surface area contributed by atoms with Gasteiger partial charge in [0, 0.05) is 48.7 Å². The lowest BCUT2D eigenvalue weighted by atomic mass is 9.77. The van der Waals surface area contributed by atoms with Crippen molar-refractivity contribution in [3.8, 4) is 0 Å². The molecule has 5 unspecified atom stereocenters. The number of aromatic nitrogens is 1. The monoisotopic (exact) mass is 682 g/mol. The predicted molar refractivity (Wildman–Crippen MR) is 195 cm³/mol. The zero-order chi connectivity index (χ0) is 37.2. The van der Waals surface area contributed by atoms with Crippen LogP contribution in [0.3, 0.4) is 0 Å². The third-order valence-electron chi connectivity index (χ3n) is 9.45. The Kier molecular flexibility index (Phi) is 14.9. The van der Waals surface area contributed by atoms with Crippen molar-refractivity contribution in [3.05, 3.63) is 47.7 Å². The molecule has 0 radical (unpaired) electrons. The number of likely N-dealkylation sites (N-methyl/N-ethyl adjacent to an activating group) is 2. The summed E-state index contributed by atoms with van der Waals surface area (Å²) in [6, 6.07) is 4.93. The number of carboxylic acids is 1. The molecule has 2 rings (SSSR count). The van der Waals surface area contributed by atoms with Crippen LogP contribution < -0.4 is 27.4 Å². The van der Waals surface area contributed by atoms with Gasteiger partial charge >= 0.3 is 5.97 Å². The van der Waals surface area contributed by atoms with E-state index in [1.165, 1.54) is 0 Å². The molecule has 1 aromatic carbocycles. The SMILES string of the molecule is CCC(C)C(NC(=O)C(NC)C(C)(C)c1cn(C)c2ccccc12)C(=O)N(C)C(C=C(C)C(=O)NC(CCCN=C(N)N)C(=O)O)C(C)C. The van der Waals surface area contributed by atoms with Crippen LogP contribution in [-0.2, 0) is 31.6 Å². The maximum atomic E-state index is 14.2. The van der Waals surface area contributed by atoms with Crippen molar-refractivity contribution in [1.29, 1.82) is 0 Å². The first-order chi connectivity index (χ1) is 22.9. The van der Waals surface area contributed by atoms with Crippen molar-refractivity contribution in [1.82, 2.24) is 25.4 Å². The van der Waals surface area contributed by atoms with Gasteiger partial charge in [0.2, 0.25) is 17.7 Å². The maximum Gasteiger partial charge on any atom is 0.326 e. The van der Waals surface area contributed by atoms with Gasteiger partial charge in [0.1, 0.15) is 12.1 Å². The summed E-state index contributed by atoms with van der Waals surface area (Å²) in [4.78, 5) is 58.6. The molecule has 49 heavy (non-hydrogen) atoms. The van der Waals surface area contributed by atoms with E-state index < -0.39 is 41.5 Å². The number of hydrogen-bond donors (Lipinski definition) is 6. The van der Waals surface area contributed by atoms with Crippen LogP contribution >= 0.6 is 0 Å². The van der Waals surface area contributed by atoms with Crippen molar-refractivity contribution in [2.75, 3.05) is 20.6 Å². The first kappa shape index (κ1) is 40.8. The predicted octanol–water partition coefficient (Wildman–Crippen LogP) is 2.63. The van der Waals surface area contributed by atoms with Crippen LogP contribution in [0.15, 0.2) is 47.1 Å². The molecule has 272 valence electrons. The molecule has 5 atom stereocenters. The molecular formula is C36H58N8O5. The van der Waals surface area contributed by atoms with Crippen molar-refractivity contribution in [2.45, 2.75) is 97.3 Å². The van der Waals surface area contributed by atoms with E-state index >= 15 is 0 Å². The molecule has 3 amide bonds. The van der Waals surface area contributed by atoms with E-state index in [4.69, 9.17) is 11.5 Å². The average molecular weight is 683 g/mol. The number of aliphatic imine (C=N–C) groups is 1. The highest BCUT2D eigenvalue weighted by Crippen LogP contribution is 2.34. The molecule has 13 heteroatoms. The highest BCUT2D eigenvalue weighted by atomic mass is 16.4. The van der Waals surface area contributed by atoms with E-state index in [2.05, 4.69) is 37.8 Å². The van der Waals surface area contributed by atoms with Crippen LogP contribution in [0, 0.1) is 11.8 Å². The molecular weight excluding hydrogens is 624 g/mol. The zero-order valence-corrected chi connectivity index (χ0v) is 30.8. The number of nitrogens with zero attached hydrogens (tertiary/aromatic N) is 3. The van der Waals surface area contributed by atoms with Gasteiger partial charge in [-0.05, 0) is 50.3 Å². The van der Waals surface area contributed by atoms with Gasteiger partial charge in [-0.3, -0.25) is 19.4 Å². The van der Waals surface area contributed by atoms with Gasteiger partial charge in [0.15, 0.2) is 5.96 Å². The fourth-order valence-corrected chi connectivity index (χ4v) is 6.23. The van der Waals surface area contributed by atoms with Gasteiger partial charge in [-0.15, -0.1) is 0 Å². The lowest BCUT2D eigenvalue weighted by Gasteiger charge is -2.37. The highest BCUT2D eigenvalue weighted by molar-refractivity contribution is 5.96. The number of carbonyl (C=O) groups is 4. The minimum Gasteiger partial charge on any atom is -0.480 e. The normalized spacial score (nSPS) is 15.2. The number of fused-ring (bicyclic) bond motifs is 1. The summed E-state index contributed by atoms with van der Waals surface area (Å²) < 4.78 is 2.05. The Labute approximate surface area is 290 Å². The first-order valence-electron chi connectivity index (χ1n) is 16.9. The quantitative estimate of drug-likeness (QED) is 0.0597. The van der Waals surface area contributed by atoms with Crippen LogP contribution in [0.2, 0.25) is 0 Å². The number of carbonyl (C=O) groups excluding carboxylic acids is 3. The maximum absolute atomic E-state index is 14.2. The van der Waals surface area contributed by atoms with Gasteiger partial charge in [-0.2, -0.15) is 0 Å². The molecule has 0 bridgehead atoms. The molecule has 1 aromatic heterocycles. The molecule has 2 aromatic rings. The van der Waals surface area contributed by atoms with Crippen molar-refractivity contribution in [3.63, 3.8) is 0 Å². The van der Waals surface area contributed by atoms with E-state index in [0.717, 1.165) is 16.5 Å². The first-order valence-corrected chi connectivity index (χ1v) is 16.9. The van der Waals surface area contributed by atoms with Crippen LogP contribution in [0.25, 0.3) is 10.9 Å². The number of benzene rings is 1. The lowest BCUT2D eigenvalue weighted by molar-refractivity contribution is -0.141. The van der Waals surface area contributed by atoms with Gasteiger partial charge in [0.25, 0.3) is 0 Å². The van der Waals surface area contributed by atoms with Gasteiger partial charge in [0.05, 0.1) is 12.1 Å². The van der Waals surface area contributed by atoms with Crippen LogP contribution in [0.4, 0.5) is 0 Å². The fraction of sp³-hybridized carbons (Fsp3) is 0.583. The standard InChI is InChI=1S/C36H58N8O5/c1-11-22(4)29(42-32(46)30(39-8)36(6,7)25-20-43(9)27-17-13-12-15-24(25)27)33(47)44(10)28(21(2)3)19-23(5)31(45)41-26(34(48)49)16-14-18-40-35(37)38/h12-13,15,17,19-22,26,28-30,39H,11,14,16,18H2,1-10H3,(H,41,45)(H,42,46)(H,48,49)(H4,37,38,40). The third-order valence-corrected chi connectivity index (χ3v) is 9.45. The minimum atomic E-state index is -1.17. The summed E-state index contributed by atoms with van der Waals surface area (Å²) in [5.41, 5.74) is 12.4. The van der Waals surface area contributed by atoms with Crippen LogP contribution in [0.5, 0.6) is 0 Å². The fourth-order valence-electron chi connectivity index (χ4n) is 6.23. The Balaban J connectivity index is 2.32. The molecule has 0 spiro atoms. The molecule has 0 saturated carbocycles. The number of para-hydroxylation sites is 1.